The summed E-state index contributed by atoms with van der Waals surface area (Å²) in [5.74, 6) is 1.05. The smallest absolute Gasteiger partial charge is 0.0949 e. The van der Waals surface area contributed by atoms with Gasteiger partial charge in [-0.15, -0.1) is 6.58 Å². The number of fused-ring (bicyclic) bond motifs is 1. The van der Waals surface area contributed by atoms with Crippen LogP contribution in [0.25, 0.3) is 5.57 Å². The molecule has 0 aromatic heterocycles. The SMILES string of the molecule is C=C/C=C(\C=C(\C)C=C)c1cccc2c1CCC2N/C(=C/C)NCC=C. The molecule has 0 aliphatic heterocycles. The van der Waals surface area contributed by atoms with Crippen LogP contribution in [0.4, 0.5) is 0 Å². The predicted molar refractivity (Wildman–Crippen MR) is 115 cm³/mol. The summed E-state index contributed by atoms with van der Waals surface area (Å²) in [5.41, 5.74) is 6.42. The molecule has 0 heterocycles. The molecule has 2 heteroatoms. The van der Waals surface area contributed by atoms with Gasteiger partial charge in [-0.25, -0.2) is 0 Å². The Morgan fingerprint density at radius 2 is 2.08 bits per heavy atom. The first-order chi connectivity index (χ1) is 12.6. The monoisotopic (exact) mass is 346 g/mol. The van der Waals surface area contributed by atoms with E-state index in [0.717, 1.165) is 30.8 Å². The fraction of sp³-hybridized carbons (Fsp3) is 0.250. The number of hydrogen-bond acceptors (Lipinski definition) is 2. The van der Waals surface area contributed by atoms with Crippen molar-refractivity contribution in [1.82, 2.24) is 10.6 Å². The van der Waals surface area contributed by atoms with Crippen molar-refractivity contribution in [2.24, 2.45) is 0 Å². The van der Waals surface area contributed by atoms with Crippen molar-refractivity contribution in [3.8, 4) is 0 Å². The Morgan fingerprint density at radius 3 is 2.73 bits per heavy atom. The lowest BCUT2D eigenvalue weighted by molar-refractivity contribution is 0.562. The minimum atomic E-state index is 0.322. The predicted octanol–water partition coefficient (Wildman–Crippen LogP) is 5.60. The van der Waals surface area contributed by atoms with Crippen LogP contribution >= 0.6 is 0 Å². The Balaban J connectivity index is 2.34. The molecule has 136 valence electrons. The lowest BCUT2D eigenvalue weighted by atomic mass is 9.94. The van der Waals surface area contributed by atoms with Gasteiger partial charge in [0.05, 0.1) is 11.9 Å². The highest BCUT2D eigenvalue weighted by Gasteiger charge is 2.25. The molecule has 1 aromatic rings. The summed E-state index contributed by atoms with van der Waals surface area (Å²) in [6, 6.07) is 6.91. The summed E-state index contributed by atoms with van der Waals surface area (Å²) in [6.07, 6.45) is 14.1. The number of nitrogens with one attached hydrogen (secondary N) is 2. The van der Waals surface area contributed by atoms with Crippen LogP contribution in [0.1, 0.15) is 43.0 Å². The maximum absolute atomic E-state index is 3.88. The van der Waals surface area contributed by atoms with E-state index in [1.807, 2.05) is 25.2 Å². The molecule has 2 rings (SSSR count). The van der Waals surface area contributed by atoms with Crippen molar-refractivity contribution >= 4 is 5.57 Å². The standard InChI is InChI=1S/C24H30N2/c1-6-11-19(17-18(5)8-3)20-12-10-13-22-21(20)14-15-23(22)26-24(9-4)25-16-7-2/h6-13,17,23,25-26H,1-3,14-16H2,4-5H3/b18-17-,19-11+,24-9+. The number of rotatable bonds is 9. The third kappa shape index (κ3) is 4.66. The molecule has 1 unspecified atom stereocenters. The molecule has 0 saturated carbocycles. The Hall–Kier alpha value is -2.74. The summed E-state index contributed by atoms with van der Waals surface area (Å²) in [5, 5.41) is 6.99. The topological polar surface area (TPSA) is 24.1 Å². The Morgan fingerprint density at radius 1 is 1.27 bits per heavy atom. The normalized spacial score (nSPS) is 17.5. The first-order valence-electron chi connectivity index (χ1n) is 9.17. The van der Waals surface area contributed by atoms with Crippen LogP contribution in [0.3, 0.4) is 0 Å². The minimum Gasteiger partial charge on any atom is -0.369 e. The molecule has 0 amide bonds. The molecule has 26 heavy (non-hydrogen) atoms. The first kappa shape index (κ1) is 19.6. The van der Waals surface area contributed by atoms with Crippen LogP contribution in [0.2, 0.25) is 0 Å². The fourth-order valence-electron chi connectivity index (χ4n) is 3.33. The van der Waals surface area contributed by atoms with E-state index < -0.39 is 0 Å². The Kier molecular flexibility index (Phi) is 7.28. The highest BCUT2D eigenvalue weighted by atomic mass is 15.1. The Labute approximate surface area is 158 Å². The molecule has 1 aromatic carbocycles. The van der Waals surface area contributed by atoms with Crippen molar-refractivity contribution < 1.29 is 0 Å². The van der Waals surface area contributed by atoms with Gasteiger partial charge in [-0.3, -0.25) is 0 Å². The molecule has 0 bridgehead atoms. The molecule has 1 aliphatic carbocycles. The van der Waals surface area contributed by atoms with Crippen molar-refractivity contribution in [3.63, 3.8) is 0 Å². The van der Waals surface area contributed by atoms with E-state index >= 15 is 0 Å². The molecule has 0 fully saturated rings. The van der Waals surface area contributed by atoms with Crippen LogP contribution in [-0.2, 0) is 6.42 Å². The zero-order chi connectivity index (χ0) is 18.9. The third-order valence-electron chi connectivity index (χ3n) is 4.64. The lowest BCUT2D eigenvalue weighted by Gasteiger charge is -2.19. The van der Waals surface area contributed by atoms with E-state index in [4.69, 9.17) is 0 Å². The number of benzene rings is 1. The van der Waals surface area contributed by atoms with Gasteiger partial charge < -0.3 is 10.6 Å². The largest absolute Gasteiger partial charge is 0.369 e. The summed E-state index contributed by atoms with van der Waals surface area (Å²) in [7, 11) is 0. The zero-order valence-corrected chi connectivity index (χ0v) is 16.0. The molecule has 2 nitrogen and oxygen atoms in total. The van der Waals surface area contributed by atoms with Gasteiger partial charge in [0.2, 0.25) is 0 Å². The number of hydrogen-bond donors (Lipinski definition) is 2. The maximum atomic E-state index is 3.88. The second kappa shape index (κ2) is 9.67. The quantitative estimate of drug-likeness (QED) is 0.449. The molecule has 1 aliphatic rings. The van der Waals surface area contributed by atoms with Gasteiger partial charge in [0, 0.05) is 6.54 Å². The summed E-state index contributed by atoms with van der Waals surface area (Å²) in [4.78, 5) is 0. The fourth-order valence-corrected chi connectivity index (χ4v) is 3.33. The summed E-state index contributed by atoms with van der Waals surface area (Å²) in [6.45, 7) is 16.4. The highest BCUT2D eigenvalue weighted by molar-refractivity contribution is 5.79. The van der Waals surface area contributed by atoms with E-state index in [1.165, 1.54) is 22.3 Å². The maximum Gasteiger partial charge on any atom is 0.0949 e. The van der Waals surface area contributed by atoms with E-state index in [1.54, 1.807) is 0 Å². The number of allylic oxidation sites excluding steroid dienone is 7. The van der Waals surface area contributed by atoms with Crippen molar-refractivity contribution in [2.75, 3.05) is 6.54 Å². The average molecular weight is 347 g/mol. The first-order valence-corrected chi connectivity index (χ1v) is 9.17. The summed E-state index contributed by atoms with van der Waals surface area (Å²) < 4.78 is 0. The highest BCUT2D eigenvalue weighted by Crippen LogP contribution is 2.37. The van der Waals surface area contributed by atoms with Crippen molar-refractivity contribution in [3.05, 3.63) is 102 Å². The van der Waals surface area contributed by atoms with Gasteiger partial charge in [0.25, 0.3) is 0 Å². The Bertz CT molecular complexity index is 762. The molecule has 0 spiro atoms. The van der Waals surface area contributed by atoms with Gasteiger partial charge in [0.1, 0.15) is 0 Å². The second-order valence-electron chi connectivity index (χ2n) is 6.43. The molecular weight excluding hydrogens is 316 g/mol. The van der Waals surface area contributed by atoms with E-state index in [-0.39, 0.29) is 0 Å². The molecule has 2 N–H and O–H groups in total. The van der Waals surface area contributed by atoms with Crippen LogP contribution in [0, 0.1) is 0 Å². The van der Waals surface area contributed by atoms with Gasteiger partial charge in [-0.05, 0) is 55.0 Å². The van der Waals surface area contributed by atoms with Crippen molar-refractivity contribution in [1.29, 1.82) is 0 Å². The van der Waals surface area contributed by atoms with Gasteiger partial charge in [0.15, 0.2) is 0 Å². The summed E-state index contributed by atoms with van der Waals surface area (Å²) >= 11 is 0. The van der Waals surface area contributed by atoms with Gasteiger partial charge >= 0.3 is 0 Å². The van der Waals surface area contributed by atoms with Crippen molar-refractivity contribution in [2.45, 2.75) is 32.7 Å². The molecular formula is C24H30N2. The van der Waals surface area contributed by atoms with E-state index in [2.05, 4.69) is 73.7 Å². The van der Waals surface area contributed by atoms with E-state index in [9.17, 15) is 0 Å². The molecule has 0 saturated heterocycles. The zero-order valence-electron chi connectivity index (χ0n) is 16.0. The van der Waals surface area contributed by atoms with Gasteiger partial charge in [-0.2, -0.15) is 0 Å². The minimum absolute atomic E-state index is 0.322. The second-order valence-corrected chi connectivity index (χ2v) is 6.43. The molecule has 1 atom stereocenters. The van der Waals surface area contributed by atoms with Crippen LogP contribution < -0.4 is 10.6 Å². The molecule has 0 radical (unpaired) electrons. The van der Waals surface area contributed by atoms with Crippen LogP contribution in [0.5, 0.6) is 0 Å². The average Bonchev–Trinajstić information content (AvgIpc) is 3.07. The van der Waals surface area contributed by atoms with E-state index in [0.29, 0.717) is 6.04 Å². The van der Waals surface area contributed by atoms with Crippen LogP contribution in [-0.4, -0.2) is 6.54 Å². The van der Waals surface area contributed by atoms with Crippen LogP contribution in [0.15, 0.2) is 85.8 Å². The van der Waals surface area contributed by atoms with Gasteiger partial charge in [-0.1, -0.05) is 67.3 Å². The lowest BCUT2D eigenvalue weighted by Crippen LogP contribution is -2.29. The third-order valence-corrected chi connectivity index (χ3v) is 4.64.